The van der Waals surface area contributed by atoms with E-state index in [1.54, 1.807) is 6.07 Å². The van der Waals surface area contributed by atoms with Crippen LogP contribution in [0.2, 0.25) is 0 Å². The minimum atomic E-state index is -0.749. The molecule has 0 saturated carbocycles. The Bertz CT molecular complexity index is 5980. The molecule has 94 heavy (non-hydrogen) atoms. The van der Waals surface area contributed by atoms with Crippen molar-refractivity contribution in [3.05, 3.63) is 283 Å². The molecule has 1 aliphatic heterocycles. The number of para-hydroxylation sites is 2. The molecule has 5 nitrogen and oxygen atoms in total. The van der Waals surface area contributed by atoms with E-state index in [2.05, 4.69) is 176 Å². The molecule has 16 rings (SSSR count). The second-order valence-corrected chi connectivity index (χ2v) is 28.0. The van der Waals surface area contributed by atoms with Crippen LogP contribution in [0.25, 0.3) is 128 Å². The predicted octanol–water partition coefficient (Wildman–Crippen LogP) is 22.5. The fourth-order valence-corrected chi connectivity index (χ4v) is 13.9. The van der Waals surface area contributed by atoms with Crippen molar-refractivity contribution in [2.75, 3.05) is 0 Å². The Morgan fingerprint density at radius 2 is 1.05 bits per heavy atom. The van der Waals surface area contributed by atoms with Crippen LogP contribution in [0, 0.1) is 18.5 Å². The van der Waals surface area contributed by atoms with Gasteiger partial charge in [0.1, 0.15) is 5.82 Å². The first-order valence-corrected chi connectivity index (χ1v) is 31.7. The Morgan fingerprint density at radius 1 is 0.479 bits per heavy atom. The van der Waals surface area contributed by atoms with Gasteiger partial charge in [-0.25, -0.2) is 4.98 Å². The van der Waals surface area contributed by atoms with Gasteiger partial charge in [0.25, 0.3) is 6.33 Å². The zero-order valence-electron chi connectivity index (χ0n) is 67.0. The third-order valence-electron chi connectivity index (χ3n) is 19.0. The molecule has 6 heteroatoms. The van der Waals surface area contributed by atoms with E-state index in [1.807, 2.05) is 83.6 Å². The summed E-state index contributed by atoms with van der Waals surface area (Å²) in [6, 6.07) is 51.4. The van der Waals surface area contributed by atoms with Crippen molar-refractivity contribution in [3.63, 3.8) is 0 Å². The smallest absolute Gasteiger partial charge is 0.268 e. The molecule has 0 radical (unpaired) electrons. The van der Waals surface area contributed by atoms with Gasteiger partial charge >= 0.3 is 0 Å². The first-order chi connectivity index (χ1) is 50.2. The number of aromatic nitrogens is 4. The van der Waals surface area contributed by atoms with Crippen LogP contribution in [0.1, 0.15) is 122 Å². The summed E-state index contributed by atoms with van der Waals surface area (Å²) >= 11 is 0. The Kier molecular flexibility index (Phi) is 11.5. The molecule has 2 aliphatic rings. The number of benzene rings is 11. The number of nitrogens with zero attached hydrogens (tertiary/aromatic N) is 4. The zero-order valence-corrected chi connectivity index (χ0v) is 56.3. The second-order valence-electron chi connectivity index (χ2n) is 28.0. The van der Waals surface area contributed by atoms with E-state index in [-0.39, 0.29) is 53.9 Å². The van der Waals surface area contributed by atoms with Gasteiger partial charge in [0.05, 0.1) is 34.5 Å². The minimum absolute atomic E-state index is 0. The van der Waals surface area contributed by atoms with Crippen molar-refractivity contribution in [1.29, 1.82) is 0 Å². The van der Waals surface area contributed by atoms with E-state index in [0.29, 0.717) is 33.8 Å². The van der Waals surface area contributed by atoms with E-state index in [4.69, 9.17) is 17.9 Å². The second kappa shape index (κ2) is 22.8. The molecule has 4 heterocycles. The quantitative estimate of drug-likeness (QED) is 0.112. The Labute approximate surface area is 585 Å². The van der Waals surface area contributed by atoms with Gasteiger partial charge in [-0.2, -0.15) is 18.2 Å². The van der Waals surface area contributed by atoms with Crippen LogP contribution < -0.4 is 9.30 Å². The minimum Gasteiger partial charge on any atom is -0.510 e. The molecule has 14 aromatic rings. The van der Waals surface area contributed by atoms with Crippen LogP contribution in [0.4, 0.5) is 0 Å². The molecule has 0 saturated heterocycles. The Balaban J connectivity index is 0.00000915. The monoisotopic (exact) mass is 1410 g/mol. The van der Waals surface area contributed by atoms with Crippen LogP contribution in [-0.4, -0.2) is 14.1 Å². The number of ether oxygens (including phenoxy) is 1. The maximum Gasteiger partial charge on any atom is 0.268 e. The van der Waals surface area contributed by atoms with Gasteiger partial charge in [-0.15, -0.1) is 29.7 Å². The fraction of sp³-hybridized carbons (Fsp3) is 0.182. The summed E-state index contributed by atoms with van der Waals surface area (Å²) in [6.07, 6.45) is 7.66. The summed E-state index contributed by atoms with van der Waals surface area (Å²) < 4.78 is 135. The van der Waals surface area contributed by atoms with Gasteiger partial charge in [0.15, 0.2) is 0 Å². The topological polar surface area (TPSA) is 35.9 Å². The van der Waals surface area contributed by atoms with Crippen LogP contribution in [-0.2, 0) is 42.7 Å². The van der Waals surface area contributed by atoms with Gasteiger partial charge in [-0.3, -0.25) is 4.57 Å². The number of fused-ring (bicyclic) bond motifs is 11. The maximum absolute atomic E-state index is 10.5. The summed E-state index contributed by atoms with van der Waals surface area (Å²) in [5, 5.41) is 1.97. The van der Waals surface area contributed by atoms with E-state index in [0.717, 1.165) is 96.2 Å². The third-order valence-corrected chi connectivity index (χ3v) is 19.0. The first-order valence-electron chi connectivity index (χ1n) is 38.2. The number of imidazole rings is 1. The van der Waals surface area contributed by atoms with Crippen molar-refractivity contribution < 1.29 is 48.2 Å². The van der Waals surface area contributed by atoms with Crippen LogP contribution in [0.3, 0.4) is 0 Å². The van der Waals surface area contributed by atoms with E-state index >= 15 is 0 Å². The normalized spacial score (nSPS) is 15.8. The van der Waals surface area contributed by atoms with Crippen LogP contribution in [0.5, 0.6) is 11.5 Å². The van der Waals surface area contributed by atoms with Crippen molar-refractivity contribution in [3.8, 4) is 107 Å². The molecule has 0 N–H and O–H groups in total. The average molecular weight is 1410 g/mol. The molecular weight excluding hydrogens is 1320 g/mol. The molecule has 0 unspecified atom stereocenters. The first kappa shape index (κ1) is 47.2. The van der Waals surface area contributed by atoms with Gasteiger partial charge in [-0.05, 0) is 194 Å². The maximum atomic E-state index is 10.5. The molecule has 0 spiro atoms. The summed E-state index contributed by atoms with van der Waals surface area (Å²) in [6.45, 7) is 22.4. The molecule has 0 fully saturated rings. The number of rotatable bonds is 8. The summed E-state index contributed by atoms with van der Waals surface area (Å²) in [7, 11) is 0. The van der Waals surface area contributed by atoms with E-state index < -0.39 is 101 Å². The van der Waals surface area contributed by atoms with Crippen molar-refractivity contribution in [2.24, 2.45) is 0 Å². The predicted molar refractivity (Wildman–Crippen MR) is 384 cm³/mol. The van der Waals surface area contributed by atoms with Crippen molar-refractivity contribution in [2.45, 2.75) is 104 Å². The molecular formula is C88H74N4OPt-2. The van der Waals surface area contributed by atoms with Crippen LogP contribution in [0.15, 0.2) is 242 Å². The Morgan fingerprint density at radius 3 is 1.71 bits per heavy atom. The van der Waals surface area contributed by atoms with Gasteiger partial charge in [-0.1, -0.05) is 232 Å². The van der Waals surface area contributed by atoms with Crippen molar-refractivity contribution in [1.82, 2.24) is 14.1 Å². The number of pyridine rings is 1. The standard InChI is InChI=1S/C88H74N4O.Pt/c1-85(2,3)63-37-35-58(36-38-63)68-32-22-33-73-75-54-78-77(87(7,8)42-43-88(78,9)10)53-74(75)69-29-17-18-30-70(69)76-48-62(61-46-59(56-23-13-11-14-24-56)45-60(47-61)57-25-15-12-16-26-57)49-81-84(76)91(83(68)73)55-90(81)65-27-21-28-66(51-65)93-67-39-40-72-71-31-19-20-34-79(71)92(80(72)52-67)82-50-64(41-44-89-82)86(4,5)6;/h11-41,44-50,53-54H,42-43H2,1-10H3;/q-2;/i11D,12D,13D,14D,15D,16D,23D,24D,25D,26D,45D,46D,47D;. The van der Waals surface area contributed by atoms with E-state index in [9.17, 15) is 9.60 Å². The van der Waals surface area contributed by atoms with Gasteiger partial charge < -0.3 is 13.9 Å². The van der Waals surface area contributed by atoms with E-state index in [1.165, 1.54) is 11.1 Å². The molecule has 3 aromatic heterocycles. The molecule has 0 amide bonds. The summed E-state index contributed by atoms with van der Waals surface area (Å²) in [4.78, 5) is 4.91. The zero-order chi connectivity index (χ0) is 75.0. The molecule has 0 atom stereocenters. The molecule has 0 bridgehead atoms. The fourth-order valence-electron chi connectivity index (χ4n) is 13.9. The molecule has 464 valence electrons. The SMILES string of the molecule is [2H]c1c([2H])c([2H])c(-c2c([2H])c(-c3cc4c5c(c3)n(-c3[c-]c(Oc6[c-]c7c(cc6)c6ccccc6n7-c6cc(C(C)(C)C)ccn6)ccc3)[c-][n+]5-c3c(-c5ccc(C(C)(C)C)cc5)cccc3-c3cc5c(cc3-c3ccccc3-4)C(C)(C)CCC5(C)C)c([2H])c(-c3c([2H])c([2H])c([2H])c([2H])c3[2H])c2[2H])c([2H])c1[2H].[Pt]. The third kappa shape index (κ3) is 10.4. The van der Waals surface area contributed by atoms with Crippen LogP contribution >= 0.6 is 0 Å². The van der Waals surface area contributed by atoms with Gasteiger partial charge in [0, 0.05) is 44.3 Å². The average Bonchev–Trinajstić information content (AvgIpc) is 1.07. The largest absolute Gasteiger partial charge is 0.510 e. The number of hydrogen-bond acceptors (Lipinski definition) is 2. The van der Waals surface area contributed by atoms with Crippen molar-refractivity contribution >= 4 is 32.8 Å². The Hall–Kier alpha value is -9.67. The summed E-state index contributed by atoms with van der Waals surface area (Å²) in [5.41, 5.74) is 12.7. The molecule has 11 aromatic carbocycles. The molecule has 1 aliphatic carbocycles. The van der Waals surface area contributed by atoms with Gasteiger partial charge in [0.2, 0.25) is 0 Å². The number of hydrogen-bond donors (Lipinski definition) is 0. The summed E-state index contributed by atoms with van der Waals surface area (Å²) in [5.74, 6) is 1.44.